The molecule has 0 radical (unpaired) electrons. The highest BCUT2D eigenvalue weighted by Crippen LogP contribution is 2.23. The van der Waals surface area contributed by atoms with Crippen LogP contribution in [0.15, 0.2) is 36.8 Å². The molecule has 6 nitrogen and oxygen atoms in total. The first-order chi connectivity index (χ1) is 10.2. The molecule has 0 aliphatic rings. The fraction of sp³-hybridized carbons (Fsp3) is 0.143. The van der Waals surface area contributed by atoms with Crippen LogP contribution >= 0.6 is 12.2 Å². The zero-order valence-electron chi connectivity index (χ0n) is 11.3. The lowest BCUT2D eigenvalue weighted by atomic mass is 10.2. The highest BCUT2D eigenvalue weighted by Gasteiger charge is 2.11. The lowest BCUT2D eigenvalue weighted by Crippen LogP contribution is -2.06. The number of aromatic amines is 1. The van der Waals surface area contributed by atoms with Gasteiger partial charge in [-0.25, -0.2) is 0 Å². The summed E-state index contributed by atoms with van der Waals surface area (Å²) in [6, 6.07) is 8.04. The number of hydrogen-bond donors (Lipinski definition) is 1. The third kappa shape index (κ3) is 1.85. The lowest BCUT2D eigenvalue weighted by molar-refractivity contribution is 0.706. The molecule has 7 heteroatoms. The predicted octanol–water partition coefficient (Wildman–Crippen LogP) is 2.42. The van der Waals surface area contributed by atoms with Gasteiger partial charge in [-0.1, -0.05) is 18.2 Å². The zero-order valence-corrected chi connectivity index (χ0v) is 12.1. The number of fused-ring (bicyclic) bond motifs is 3. The van der Waals surface area contributed by atoms with Gasteiger partial charge in [-0.15, -0.1) is 10.2 Å². The molecule has 0 bridgehead atoms. The van der Waals surface area contributed by atoms with Crippen molar-refractivity contribution in [1.82, 2.24) is 29.3 Å². The number of imidazole rings is 1. The summed E-state index contributed by atoms with van der Waals surface area (Å²) < 4.78 is 4.59. The molecule has 3 aromatic heterocycles. The summed E-state index contributed by atoms with van der Waals surface area (Å²) in [6.07, 6.45) is 3.51. The van der Waals surface area contributed by atoms with E-state index in [2.05, 4.69) is 26.2 Å². The van der Waals surface area contributed by atoms with Crippen LogP contribution in [0.3, 0.4) is 0 Å². The molecule has 104 valence electrons. The SMILES string of the molecule is Cn1cnnc1Cn1c(=S)[nH]c2cnc3ccccc3c21. The molecule has 0 atom stereocenters. The van der Waals surface area contributed by atoms with Crippen molar-refractivity contribution in [2.75, 3.05) is 0 Å². The van der Waals surface area contributed by atoms with E-state index in [1.165, 1.54) is 0 Å². The van der Waals surface area contributed by atoms with Crippen molar-refractivity contribution in [3.63, 3.8) is 0 Å². The molecule has 0 aliphatic heterocycles. The van der Waals surface area contributed by atoms with Crippen LogP contribution in [0.25, 0.3) is 21.9 Å². The standard InChI is InChI=1S/C14H12N6S/c1-19-8-16-18-12(19)7-20-13-9-4-2-3-5-10(9)15-6-11(13)17-14(20)21/h2-6,8H,7H2,1H3,(H,17,21). The van der Waals surface area contributed by atoms with E-state index in [9.17, 15) is 0 Å². The van der Waals surface area contributed by atoms with Gasteiger partial charge in [0.2, 0.25) is 0 Å². The minimum atomic E-state index is 0.573. The summed E-state index contributed by atoms with van der Waals surface area (Å²) >= 11 is 5.45. The first kappa shape index (κ1) is 12.2. The minimum absolute atomic E-state index is 0.573. The molecule has 0 aliphatic carbocycles. The lowest BCUT2D eigenvalue weighted by Gasteiger charge is -2.06. The first-order valence-corrected chi connectivity index (χ1v) is 6.94. The van der Waals surface area contributed by atoms with E-state index < -0.39 is 0 Å². The monoisotopic (exact) mass is 296 g/mol. The predicted molar refractivity (Wildman–Crippen MR) is 82.5 cm³/mol. The molecule has 0 fully saturated rings. The number of nitrogens with zero attached hydrogens (tertiary/aromatic N) is 5. The Balaban J connectivity index is 2.03. The van der Waals surface area contributed by atoms with Gasteiger partial charge in [0, 0.05) is 12.4 Å². The molecule has 0 amide bonds. The van der Waals surface area contributed by atoms with E-state index >= 15 is 0 Å². The van der Waals surface area contributed by atoms with Gasteiger partial charge in [0.05, 0.1) is 29.3 Å². The van der Waals surface area contributed by atoms with Crippen molar-refractivity contribution in [2.45, 2.75) is 6.54 Å². The summed E-state index contributed by atoms with van der Waals surface area (Å²) in [5.41, 5.74) is 2.93. The summed E-state index contributed by atoms with van der Waals surface area (Å²) in [4.78, 5) is 7.66. The van der Waals surface area contributed by atoms with Gasteiger partial charge in [-0.3, -0.25) is 4.98 Å². The Morgan fingerprint density at radius 1 is 1.29 bits per heavy atom. The molecule has 4 aromatic rings. The van der Waals surface area contributed by atoms with E-state index in [0.717, 1.165) is 27.8 Å². The normalized spacial score (nSPS) is 11.5. The van der Waals surface area contributed by atoms with Gasteiger partial charge in [0.15, 0.2) is 10.6 Å². The number of rotatable bonds is 2. The number of H-pyrrole nitrogens is 1. The number of aryl methyl sites for hydroxylation is 1. The Kier molecular flexibility index (Phi) is 2.61. The third-order valence-electron chi connectivity index (χ3n) is 3.61. The van der Waals surface area contributed by atoms with E-state index in [4.69, 9.17) is 12.2 Å². The van der Waals surface area contributed by atoms with Crippen LogP contribution < -0.4 is 0 Å². The third-order valence-corrected chi connectivity index (χ3v) is 3.93. The number of pyridine rings is 1. The molecule has 3 heterocycles. The number of para-hydroxylation sites is 1. The van der Waals surface area contributed by atoms with Crippen LogP contribution in [0, 0.1) is 4.77 Å². The van der Waals surface area contributed by atoms with Crippen LogP contribution in [0.2, 0.25) is 0 Å². The first-order valence-electron chi connectivity index (χ1n) is 6.53. The molecule has 0 unspecified atom stereocenters. The van der Waals surface area contributed by atoms with E-state index in [-0.39, 0.29) is 0 Å². The molecule has 21 heavy (non-hydrogen) atoms. The van der Waals surface area contributed by atoms with Crippen molar-refractivity contribution < 1.29 is 0 Å². The average Bonchev–Trinajstić information content (AvgIpc) is 3.04. The Morgan fingerprint density at radius 3 is 2.95 bits per heavy atom. The fourth-order valence-electron chi connectivity index (χ4n) is 2.54. The second kappa shape index (κ2) is 4.49. The van der Waals surface area contributed by atoms with E-state index in [0.29, 0.717) is 11.3 Å². The summed E-state index contributed by atoms with van der Waals surface area (Å²) in [5.74, 6) is 0.855. The van der Waals surface area contributed by atoms with Gasteiger partial charge in [-0.2, -0.15) is 0 Å². The Hall–Kier alpha value is -2.54. The second-order valence-corrected chi connectivity index (χ2v) is 5.30. The molecule has 0 spiro atoms. The van der Waals surface area contributed by atoms with Crippen molar-refractivity contribution in [3.05, 3.63) is 47.4 Å². The highest BCUT2D eigenvalue weighted by molar-refractivity contribution is 7.71. The van der Waals surface area contributed by atoms with Crippen molar-refractivity contribution in [2.24, 2.45) is 7.05 Å². The Morgan fingerprint density at radius 2 is 2.14 bits per heavy atom. The second-order valence-electron chi connectivity index (χ2n) is 4.91. The number of hydrogen-bond acceptors (Lipinski definition) is 4. The zero-order chi connectivity index (χ0) is 14.4. The smallest absolute Gasteiger partial charge is 0.178 e. The van der Waals surface area contributed by atoms with Crippen LogP contribution in [-0.2, 0) is 13.6 Å². The largest absolute Gasteiger partial charge is 0.329 e. The van der Waals surface area contributed by atoms with Gasteiger partial charge in [-0.05, 0) is 18.3 Å². The summed E-state index contributed by atoms with van der Waals surface area (Å²) in [6.45, 7) is 0.573. The molecule has 1 N–H and O–H groups in total. The molecular formula is C14H12N6S. The van der Waals surface area contributed by atoms with Crippen LogP contribution in [-0.4, -0.2) is 29.3 Å². The molecule has 0 saturated carbocycles. The van der Waals surface area contributed by atoms with E-state index in [1.54, 1.807) is 6.33 Å². The maximum Gasteiger partial charge on any atom is 0.178 e. The fourth-order valence-corrected chi connectivity index (χ4v) is 2.80. The van der Waals surface area contributed by atoms with Crippen LogP contribution in [0.1, 0.15) is 5.82 Å². The average molecular weight is 296 g/mol. The maximum absolute atomic E-state index is 5.45. The van der Waals surface area contributed by atoms with Crippen molar-refractivity contribution >= 4 is 34.2 Å². The van der Waals surface area contributed by atoms with Crippen molar-refractivity contribution in [1.29, 1.82) is 0 Å². The van der Waals surface area contributed by atoms with Gasteiger partial charge in [0.25, 0.3) is 0 Å². The van der Waals surface area contributed by atoms with Gasteiger partial charge >= 0.3 is 0 Å². The Bertz CT molecular complexity index is 1010. The maximum atomic E-state index is 5.45. The summed E-state index contributed by atoms with van der Waals surface area (Å²) in [7, 11) is 1.92. The number of benzene rings is 1. The highest BCUT2D eigenvalue weighted by atomic mass is 32.1. The number of nitrogens with one attached hydrogen (secondary N) is 1. The Labute approximate surface area is 125 Å². The van der Waals surface area contributed by atoms with Crippen molar-refractivity contribution in [3.8, 4) is 0 Å². The quantitative estimate of drug-likeness (QED) is 0.577. The topological polar surface area (TPSA) is 64.3 Å². The minimum Gasteiger partial charge on any atom is -0.329 e. The number of aromatic nitrogens is 6. The van der Waals surface area contributed by atoms with Gasteiger partial charge < -0.3 is 14.1 Å². The van der Waals surface area contributed by atoms with Gasteiger partial charge in [0.1, 0.15) is 6.33 Å². The molecular weight excluding hydrogens is 284 g/mol. The molecule has 4 rings (SSSR count). The molecule has 0 saturated heterocycles. The molecule has 1 aromatic carbocycles. The van der Waals surface area contributed by atoms with E-state index in [1.807, 2.05) is 40.6 Å². The van der Waals surface area contributed by atoms with Crippen LogP contribution in [0.4, 0.5) is 0 Å². The van der Waals surface area contributed by atoms with Crippen LogP contribution in [0.5, 0.6) is 0 Å². The summed E-state index contributed by atoms with van der Waals surface area (Å²) in [5, 5.41) is 9.13.